The zero-order valence-electron chi connectivity index (χ0n) is 22.6. The van der Waals surface area contributed by atoms with Crippen LogP contribution >= 0.6 is 11.3 Å². The molecule has 0 saturated carbocycles. The van der Waals surface area contributed by atoms with E-state index in [4.69, 9.17) is 9.73 Å². The van der Waals surface area contributed by atoms with E-state index in [1.54, 1.807) is 37.1 Å². The van der Waals surface area contributed by atoms with Gasteiger partial charge >= 0.3 is 5.97 Å². The lowest BCUT2D eigenvalue weighted by atomic mass is 9.83. The van der Waals surface area contributed by atoms with Crippen molar-refractivity contribution in [1.29, 1.82) is 0 Å². The van der Waals surface area contributed by atoms with Crippen LogP contribution in [0.3, 0.4) is 0 Å². The zero-order valence-corrected chi connectivity index (χ0v) is 23.4. The number of fused-ring (bicyclic) bond motifs is 1. The van der Waals surface area contributed by atoms with Gasteiger partial charge in [0, 0.05) is 36.4 Å². The van der Waals surface area contributed by atoms with E-state index < -0.39 is 23.5 Å². The van der Waals surface area contributed by atoms with Crippen LogP contribution in [0.2, 0.25) is 0 Å². The molecule has 1 amide bonds. The molecule has 208 valence electrons. The Labute approximate surface area is 231 Å². The number of thiazole rings is 1. The number of β-amino-alcohol motifs (C(OH)–C–C–N with tert-alkyl or cyclic N) is 1. The number of amidine groups is 1. The fourth-order valence-electron chi connectivity index (χ4n) is 5.80. The van der Waals surface area contributed by atoms with E-state index >= 15 is 0 Å². The number of aromatic nitrogens is 1. The fraction of sp³-hybridized carbons (Fsp3) is 0.500. The summed E-state index contributed by atoms with van der Waals surface area (Å²) in [5.74, 6) is -0.881. The Morgan fingerprint density at radius 2 is 2.15 bits per heavy atom. The molecule has 1 aromatic heterocycles. The van der Waals surface area contributed by atoms with Gasteiger partial charge in [-0.2, -0.15) is 0 Å². The van der Waals surface area contributed by atoms with Gasteiger partial charge in [0.15, 0.2) is 10.8 Å². The van der Waals surface area contributed by atoms with E-state index in [1.807, 2.05) is 19.2 Å². The van der Waals surface area contributed by atoms with Gasteiger partial charge in [0.1, 0.15) is 17.5 Å². The summed E-state index contributed by atoms with van der Waals surface area (Å²) in [5.41, 5.74) is 0.656. The first kappa shape index (κ1) is 27.4. The van der Waals surface area contributed by atoms with Crippen LogP contribution in [-0.4, -0.2) is 82.0 Å². The summed E-state index contributed by atoms with van der Waals surface area (Å²) in [4.78, 5) is 39.4. The number of aliphatic hydroxyl groups is 1. The SMILES string of the molecule is CCOC(=O)C1=C(CN2CC[C@@H]3C(=O)N(C(C)C)C[C@]3(O)C2)NC(c2nccs2)=N[C@H]1c1cccc(F)c1C. The van der Waals surface area contributed by atoms with Gasteiger partial charge in [-0.15, -0.1) is 11.3 Å². The predicted molar refractivity (Wildman–Crippen MR) is 146 cm³/mol. The van der Waals surface area contributed by atoms with E-state index in [0.29, 0.717) is 46.2 Å². The molecule has 11 heteroatoms. The predicted octanol–water partition coefficient (Wildman–Crippen LogP) is 2.80. The zero-order chi connectivity index (χ0) is 27.9. The summed E-state index contributed by atoms with van der Waals surface area (Å²) in [6, 6.07) is 3.96. The van der Waals surface area contributed by atoms with E-state index in [1.165, 1.54) is 17.4 Å². The Morgan fingerprint density at radius 3 is 2.85 bits per heavy atom. The summed E-state index contributed by atoms with van der Waals surface area (Å²) in [6.07, 6.45) is 2.19. The van der Waals surface area contributed by atoms with Crippen LogP contribution in [0, 0.1) is 18.7 Å². The van der Waals surface area contributed by atoms with Crippen molar-refractivity contribution in [3.63, 3.8) is 0 Å². The van der Waals surface area contributed by atoms with Gasteiger partial charge in [0.25, 0.3) is 0 Å². The Hall–Kier alpha value is -3.15. The van der Waals surface area contributed by atoms with E-state index in [2.05, 4.69) is 15.2 Å². The van der Waals surface area contributed by atoms with Gasteiger partial charge in [-0.05, 0) is 57.9 Å². The Morgan fingerprint density at radius 1 is 1.36 bits per heavy atom. The number of carbonyl (C=O) groups excluding carboxylic acids is 2. The number of hydrogen-bond donors (Lipinski definition) is 2. The average Bonchev–Trinajstić information content (AvgIpc) is 3.52. The van der Waals surface area contributed by atoms with Crippen LogP contribution in [0.1, 0.15) is 49.4 Å². The number of nitrogens with zero attached hydrogens (tertiary/aromatic N) is 4. The maximum Gasteiger partial charge on any atom is 0.338 e. The highest BCUT2D eigenvalue weighted by Gasteiger charge is 2.54. The van der Waals surface area contributed by atoms with Crippen molar-refractivity contribution in [1.82, 2.24) is 20.1 Å². The van der Waals surface area contributed by atoms with Crippen molar-refractivity contribution in [2.45, 2.75) is 51.8 Å². The molecule has 2 saturated heterocycles. The van der Waals surface area contributed by atoms with Crippen molar-refractivity contribution < 1.29 is 23.8 Å². The van der Waals surface area contributed by atoms with Crippen molar-refractivity contribution in [2.75, 3.05) is 32.8 Å². The van der Waals surface area contributed by atoms with Crippen LogP contribution < -0.4 is 5.32 Å². The highest BCUT2D eigenvalue weighted by Crippen LogP contribution is 2.39. The van der Waals surface area contributed by atoms with Crippen LogP contribution in [0.25, 0.3) is 0 Å². The van der Waals surface area contributed by atoms with Gasteiger partial charge < -0.3 is 20.1 Å². The number of carbonyl (C=O) groups is 2. The Bertz CT molecular complexity index is 1330. The molecule has 2 aromatic rings. The topological polar surface area (TPSA) is 107 Å². The number of piperidine rings is 1. The van der Waals surface area contributed by atoms with Gasteiger partial charge in [0.05, 0.1) is 24.6 Å². The molecule has 0 spiro atoms. The monoisotopic (exact) mass is 555 g/mol. The number of benzene rings is 1. The highest BCUT2D eigenvalue weighted by molar-refractivity contribution is 7.11. The molecule has 0 unspecified atom stereocenters. The lowest BCUT2D eigenvalue weighted by molar-refractivity contribution is -0.139. The smallest absolute Gasteiger partial charge is 0.338 e. The Balaban J connectivity index is 1.53. The molecular formula is C28H34FN5O4S. The number of halogens is 1. The average molecular weight is 556 g/mol. The molecule has 2 fully saturated rings. The first-order valence-electron chi connectivity index (χ1n) is 13.3. The van der Waals surface area contributed by atoms with Gasteiger partial charge in [-0.25, -0.2) is 14.2 Å². The molecule has 0 aliphatic carbocycles. The van der Waals surface area contributed by atoms with Crippen LogP contribution in [-0.2, 0) is 14.3 Å². The van der Waals surface area contributed by atoms with Crippen LogP contribution in [0.4, 0.5) is 4.39 Å². The molecule has 3 aliphatic heterocycles. The minimum absolute atomic E-state index is 0.00537. The number of rotatable bonds is 7. The Kier molecular flexibility index (Phi) is 7.58. The number of ether oxygens (including phenoxy) is 1. The van der Waals surface area contributed by atoms with Crippen molar-refractivity contribution in [3.8, 4) is 0 Å². The second kappa shape index (κ2) is 10.8. The summed E-state index contributed by atoms with van der Waals surface area (Å²) < 4.78 is 20.1. The van der Waals surface area contributed by atoms with Crippen molar-refractivity contribution in [2.24, 2.45) is 10.9 Å². The highest BCUT2D eigenvalue weighted by atomic mass is 32.1. The molecular weight excluding hydrogens is 521 g/mol. The maximum absolute atomic E-state index is 14.7. The quantitative estimate of drug-likeness (QED) is 0.506. The molecule has 0 bridgehead atoms. The van der Waals surface area contributed by atoms with Gasteiger partial charge in [0.2, 0.25) is 5.91 Å². The third kappa shape index (κ3) is 5.10. The maximum atomic E-state index is 14.7. The number of amides is 1. The number of nitrogens with one attached hydrogen (secondary N) is 1. The largest absolute Gasteiger partial charge is 0.463 e. The number of esters is 1. The normalized spacial score (nSPS) is 25.6. The fourth-order valence-corrected chi connectivity index (χ4v) is 6.39. The van der Waals surface area contributed by atoms with Crippen LogP contribution in [0.15, 0.2) is 46.0 Å². The summed E-state index contributed by atoms with van der Waals surface area (Å²) in [5, 5.41) is 17.3. The minimum Gasteiger partial charge on any atom is -0.463 e. The molecule has 5 rings (SSSR count). The molecule has 1 aromatic carbocycles. The summed E-state index contributed by atoms with van der Waals surface area (Å²) in [7, 11) is 0. The molecule has 4 heterocycles. The minimum atomic E-state index is -1.18. The third-order valence-corrected chi connectivity index (χ3v) is 8.55. The molecule has 9 nitrogen and oxygen atoms in total. The number of hydrogen-bond acceptors (Lipinski definition) is 9. The van der Waals surface area contributed by atoms with Crippen LogP contribution in [0.5, 0.6) is 0 Å². The van der Waals surface area contributed by atoms with Crippen molar-refractivity contribution in [3.05, 3.63) is 63.0 Å². The summed E-state index contributed by atoms with van der Waals surface area (Å²) in [6.45, 7) is 8.89. The lowest BCUT2D eigenvalue weighted by Gasteiger charge is -2.40. The second-order valence-corrected chi connectivity index (χ2v) is 11.5. The van der Waals surface area contributed by atoms with E-state index in [9.17, 15) is 19.1 Å². The molecule has 0 radical (unpaired) electrons. The number of likely N-dealkylation sites (tertiary alicyclic amines) is 2. The molecule has 3 aliphatic rings. The van der Waals surface area contributed by atoms with E-state index in [-0.39, 0.29) is 44.0 Å². The molecule has 3 atom stereocenters. The van der Waals surface area contributed by atoms with E-state index in [0.717, 1.165) is 0 Å². The van der Waals surface area contributed by atoms with Gasteiger partial charge in [-0.1, -0.05) is 12.1 Å². The molecule has 39 heavy (non-hydrogen) atoms. The summed E-state index contributed by atoms with van der Waals surface area (Å²) >= 11 is 1.40. The second-order valence-electron chi connectivity index (χ2n) is 10.6. The first-order chi connectivity index (χ1) is 18.6. The first-order valence-corrected chi connectivity index (χ1v) is 14.2. The number of aliphatic imine (C=N–C) groups is 1. The third-order valence-electron chi connectivity index (χ3n) is 7.77. The molecule has 2 N–H and O–H groups in total. The van der Waals surface area contributed by atoms with Gasteiger partial charge in [-0.3, -0.25) is 14.7 Å². The standard InChI is InChI=1S/C28H34FN5O4S/c1-5-38-27(36)22-21(13-33-11-9-19-26(35)34(16(2)3)15-28(19,37)14-33)31-24(25-30-10-12-39-25)32-23(22)18-7-6-8-20(29)17(18)4/h6-8,10,12,16,19,23,37H,5,9,11,13-15H2,1-4H3,(H,31,32)/t19-,23+,28-/m1/s1. The van der Waals surface area contributed by atoms with Crippen molar-refractivity contribution >= 4 is 29.0 Å². The lowest BCUT2D eigenvalue weighted by Crippen LogP contribution is -2.55.